The summed E-state index contributed by atoms with van der Waals surface area (Å²) in [5.74, 6) is 1.33. The van der Waals surface area contributed by atoms with Crippen LogP contribution in [0.2, 0.25) is 0 Å². The third-order valence-electron chi connectivity index (χ3n) is 2.78. The number of methoxy groups -OCH3 is 1. The van der Waals surface area contributed by atoms with E-state index in [-0.39, 0.29) is 19.1 Å². The first-order valence-corrected chi connectivity index (χ1v) is 6.74. The van der Waals surface area contributed by atoms with Gasteiger partial charge in [0.25, 0.3) is 0 Å². The van der Waals surface area contributed by atoms with Crippen LogP contribution < -0.4 is 14.8 Å². The molecule has 2 rings (SSSR count). The highest BCUT2D eigenvalue weighted by Crippen LogP contribution is 2.17. The van der Waals surface area contributed by atoms with Gasteiger partial charge in [-0.2, -0.15) is 0 Å². The number of aromatic nitrogens is 3. The molecule has 0 spiro atoms. The van der Waals surface area contributed by atoms with Gasteiger partial charge in [0.05, 0.1) is 13.3 Å². The molecule has 22 heavy (non-hydrogen) atoms. The van der Waals surface area contributed by atoms with Gasteiger partial charge in [0.15, 0.2) is 0 Å². The molecule has 0 aliphatic carbocycles. The summed E-state index contributed by atoms with van der Waals surface area (Å²) in [6, 6.07) is 7.25. The van der Waals surface area contributed by atoms with Crippen molar-refractivity contribution in [1.82, 2.24) is 20.3 Å². The zero-order valence-corrected chi connectivity index (χ0v) is 12.4. The van der Waals surface area contributed by atoms with Gasteiger partial charge in [0.1, 0.15) is 30.3 Å². The summed E-state index contributed by atoms with van der Waals surface area (Å²) in [4.78, 5) is 11.5. The van der Waals surface area contributed by atoms with Crippen LogP contribution in [0.1, 0.15) is 5.69 Å². The average Bonchev–Trinajstić information content (AvgIpc) is 2.99. The number of amides is 1. The van der Waals surface area contributed by atoms with Crippen LogP contribution in [-0.4, -0.2) is 34.6 Å². The predicted octanol–water partition coefficient (Wildman–Crippen LogP) is 1.17. The summed E-state index contributed by atoms with van der Waals surface area (Å²) in [6.07, 6.45) is 3.30. The van der Waals surface area contributed by atoms with Gasteiger partial charge >= 0.3 is 0 Å². The summed E-state index contributed by atoms with van der Waals surface area (Å²) in [6.45, 7) is 4.36. The molecule has 0 unspecified atom stereocenters. The molecule has 7 heteroatoms. The molecule has 0 saturated carbocycles. The molecule has 1 aromatic carbocycles. The van der Waals surface area contributed by atoms with E-state index in [0.717, 1.165) is 5.75 Å². The lowest BCUT2D eigenvalue weighted by Crippen LogP contribution is -2.27. The Kier molecular flexibility index (Phi) is 5.53. The number of rotatable bonds is 8. The Labute approximate surface area is 128 Å². The van der Waals surface area contributed by atoms with E-state index in [2.05, 4.69) is 22.2 Å². The molecule has 1 heterocycles. The molecule has 1 N–H and O–H groups in total. The van der Waals surface area contributed by atoms with Crippen molar-refractivity contribution in [1.29, 1.82) is 0 Å². The van der Waals surface area contributed by atoms with Crippen molar-refractivity contribution in [2.45, 2.75) is 13.2 Å². The van der Waals surface area contributed by atoms with Gasteiger partial charge < -0.3 is 14.8 Å². The molecule has 0 fully saturated rings. The van der Waals surface area contributed by atoms with Crippen LogP contribution in [0.3, 0.4) is 0 Å². The van der Waals surface area contributed by atoms with Crippen molar-refractivity contribution < 1.29 is 14.3 Å². The van der Waals surface area contributed by atoms with Crippen LogP contribution in [0.5, 0.6) is 11.5 Å². The van der Waals surface area contributed by atoms with Crippen LogP contribution >= 0.6 is 0 Å². The summed E-state index contributed by atoms with van der Waals surface area (Å²) < 4.78 is 12.1. The number of ether oxygens (including phenoxy) is 2. The largest absolute Gasteiger partial charge is 0.497 e. The molecule has 0 radical (unpaired) electrons. The number of hydrogen-bond acceptors (Lipinski definition) is 5. The molecular weight excluding hydrogens is 284 g/mol. The zero-order valence-electron chi connectivity index (χ0n) is 12.4. The first kappa shape index (κ1) is 15.6. The minimum Gasteiger partial charge on any atom is -0.497 e. The van der Waals surface area contributed by atoms with E-state index in [0.29, 0.717) is 18.0 Å². The first-order valence-electron chi connectivity index (χ1n) is 6.74. The average molecular weight is 302 g/mol. The van der Waals surface area contributed by atoms with Crippen molar-refractivity contribution in [3.63, 3.8) is 0 Å². The highest BCUT2D eigenvalue weighted by molar-refractivity contribution is 5.75. The number of hydrogen-bond donors (Lipinski definition) is 1. The molecule has 0 aliphatic heterocycles. The van der Waals surface area contributed by atoms with Crippen LogP contribution in [0.25, 0.3) is 0 Å². The smallest absolute Gasteiger partial charge is 0.242 e. The highest BCUT2D eigenvalue weighted by Gasteiger charge is 2.06. The van der Waals surface area contributed by atoms with Gasteiger partial charge in [-0.1, -0.05) is 11.3 Å². The lowest BCUT2D eigenvalue weighted by Gasteiger charge is -2.04. The predicted molar refractivity (Wildman–Crippen MR) is 80.6 cm³/mol. The fraction of sp³-hybridized carbons (Fsp3) is 0.267. The molecule has 1 aromatic heterocycles. The molecule has 116 valence electrons. The minimum absolute atomic E-state index is 0.114. The van der Waals surface area contributed by atoms with E-state index < -0.39 is 0 Å². The fourth-order valence-corrected chi connectivity index (χ4v) is 1.70. The van der Waals surface area contributed by atoms with Crippen LogP contribution in [0.4, 0.5) is 0 Å². The SMILES string of the molecule is C=CCNC(=O)Cn1cc(COc2ccc(OC)cc2)nn1. The normalized spacial score (nSPS) is 10.0. The molecular formula is C15H18N4O3. The molecule has 0 bridgehead atoms. The van der Waals surface area contributed by atoms with Crippen molar-refractivity contribution in [2.24, 2.45) is 0 Å². The topological polar surface area (TPSA) is 78.3 Å². The summed E-state index contributed by atoms with van der Waals surface area (Å²) in [5.41, 5.74) is 0.646. The van der Waals surface area contributed by atoms with Gasteiger partial charge in [-0.3, -0.25) is 4.79 Å². The zero-order chi connectivity index (χ0) is 15.8. The van der Waals surface area contributed by atoms with E-state index >= 15 is 0 Å². The van der Waals surface area contributed by atoms with Gasteiger partial charge in [0, 0.05) is 6.54 Å². The summed E-state index contributed by atoms with van der Waals surface area (Å²) >= 11 is 0. The number of nitrogens with zero attached hydrogens (tertiary/aromatic N) is 3. The van der Waals surface area contributed by atoms with E-state index in [9.17, 15) is 4.79 Å². The van der Waals surface area contributed by atoms with Crippen molar-refractivity contribution in [2.75, 3.05) is 13.7 Å². The molecule has 7 nitrogen and oxygen atoms in total. The quantitative estimate of drug-likeness (QED) is 0.741. The maximum absolute atomic E-state index is 11.5. The molecule has 0 aliphatic rings. The van der Waals surface area contributed by atoms with Gasteiger partial charge in [-0.05, 0) is 24.3 Å². The lowest BCUT2D eigenvalue weighted by molar-refractivity contribution is -0.121. The Morgan fingerprint density at radius 3 is 2.77 bits per heavy atom. The van der Waals surface area contributed by atoms with Gasteiger partial charge in [0.2, 0.25) is 5.91 Å². The van der Waals surface area contributed by atoms with E-state index in [1.54, 1.807) is 19.4 Å². The minimum atomic E-state index is -0.146. The first-order chi connectivity index (χ1) is 10.7. The van der Waals surface area contributed by atoms with Gasteiger partial charge in [-0.25, -0.2) is 4.68 Å². The second-order valence-corrected chi connectivity index (χ2v) is 4.46. The maximum Gasteiger partial charge on any atom is 0.242 e. The second-order valence-electron chi connectivity index (χ2n) is 4.46. The van der Waals surface area contributed by atoms with E-state index in [1.165, 1.54) is 4.68 Å². The monoisotopic (exact) mass is 302 g/mol. The number of carbonyl (C=O) groups excluding carboxylic acids is 1. The van der Waals surface area contributed by atoms with Crippen molar-refractivity contribution >= 4 is 5.91 Å². The molecule has 2 aromatic rings. The summed E-state index contributed by atoms with van der Waals surface area (Å²) in [5, 5.41) is 10.5. The third-order valence-corrected chi connectivity index (χ3v) is 2.78. The Bertz CT molecular complexity index is 622. The summed E-state index contributed by atoms with van der Waals surface area (Å²) in [7, 11) is 1.61. The highest BCUT2D eigenvalue weighted by atomic mass is 16.5. The van der Waals surface area contributed by atoms with Gasteiger partial charge in [-0.15, -0.1) is 11.7 Å². The van der Waals surface area contributed by atoms with Crippen LogP contribution in [0.15, 0.2) is 43.1 Å². The number of benzene rings is 1. The fourth-order valence-electron chi connectivity index (χ4n) is 1.70. The molecule has 1 amide bonds. The van der Waals surface area contributed by atoms with Crippen molar-refractivity contribution in [3.8, 4) is 11.5 Å². The Morgan fingerprint density at radius 1 is 1.36 bits per heavy atom. The number of nitrogens with one attached hydrogen (secondary N) is 1. The maximum atomic E-state index is 11.5. The third kappa shape index (κ3) is 4.62. The van der Waals surface area contributed by atoms with Crippen LogP contribution in [0, 0.1) is 0 Å². The Hall–Kier alpha value is -2.83. The standard InChI is InChI=1S/C15H18N4O3/c1-3-8-16-15(20)10-19-9-12(17-18-19)11-22-14-6-4-13(21-2)5-7-14/h3-7,9H,1,8,10-11H2,2H3,(H,16,20). The lowest BCUT2D eigenvalue weighted by atomic mass is 10.3. The second kappa shape index (κ2) is 7.82. The Balaban J connectivity index is 1.83. The van der Waals surface area contributed by atoms with Crippen molar-refractivity contribution in [3.05, 3.63) is 48.8 Å². The van der Waals surface area contributed by atoms with E-state index in [4.69, 9.17) is 9.47 Å². The number of carbonyl (C=O) groups is 1. The molecule has 0 atom stereocenters. The Morgan fingerprint density at radius 2 is 2.09 bits per heavy atom. The molecule has 0 saturated heterocycles. The van der Waals surface area contributed by atoms with E-state index in [1.807, 2.05) is 24.3 Å². The van der Waals surface area contributed by atoms with Crippen LogP contribution in [-0.2, 0) is 17.9 Å².